The molecule has 1 fully saturated rings. The van der Waals surface area contributed by atoms with E-state index in [4.69, 9.17) is 0 Å². The van der Waals surface area contributed by atoms with Crippen molar-refractivity contribution in [1.29, 1.82) is 0 Å². The smallest absolute Gasteiger partial charge is 0.307 e. The predicted molar refractivity (Wildman–Crippen MR) is 81.7 cm³/mol. The molecule has 4 heteroatoms. The maximum atomic E-state index is 12.4. The van der Waals surface area contributed by atoms with E-state index in [0.29, 0.717) is 0 Å². The second-order valence-electron chi connectivity index (χ2n) is 6.60. The summed E-state index contributed by atoms with van der Waals surface area (Å²) in [7, 11) is 0. The molecule has 5 atom stereocenters. The summed E-state index contributed by atoms with van der Waals surface area (Å²) in [6.07, 6.45) is 10.6. The Morgan fingerprint density at radius 2 is 1.86 bits per heavy atom. The highest BCUT2D eigenvalue weighted by molar-refractivity contribution is 5.87. The number of hydrogen-bond acceptors (Lipinski definition) is 2. The number of aliphatic carboxylic acids is 1. The molecule has 2 N–H and O–H groups in total. The Kier molecular flexibility index (Phi) is 5.43. The Morgan fingerprint density at radius 1 is 1.19 bits per heavy atom. The van der Waals surface area contributed by atoms with Gasteiger partial charge >= 0.3 is 5.97 Å². The Balaban J connectivity index is 1.85. The van der Waals surface area contributed by atoms with Gasteiger partial charge in [0.15, 0.2) is 0 Å². The summed E-state index contributed by atoms with van der Waals surface area (Å²) >= 11 is 0. The molecule has 1 amide bonds. The van der Waals surface area contributed by atoms with Crippen LogP contribution in [0.5, 0.6) is 0 Å². The molecule has 4 nitrogen and oxygen atoms in total. The van der Waals surface area contributed by atoms with Gasteiger partial charge in [-0.3, -0.25) is 9.59 Å². The highest BCUT2D eigenvalue weighted by Crippen LogP contribution is 2.48. The number of carbonyl (C=O) groups is 2. The number of amides is 1. The molecule has 2 aliphatic rings. The van der Waals surface area contributed by atoms with E-state index in [0.717, 1.165) is 19.3 Å². The normalized spacial score (nSPS) is 31.3. The van der Waals surface area contributed by atoms with E-state index in [9.17, 15) is 14.7 Å². The zero-order valence-electron chi connectivity index (χ0n) is 13.0. The molecular formula is C17H27NO3. The summed E-state index contributed by atoms with van der Waals surface area (Å²) in [6.45, 7) is 4.20. The first kappa shape index (κ1) is 16.1. The van der Waals surface area contributed by atoms with Crippen molar-refractivity contribution >= 4 is 11.9 Å². The highest BCUT2D eigenvalue weighted by Gasteiger charge is 2.51. The van der Waals surface area contributed by atoms with Crippen molar-refractivity contribution in [2.24, 2.45) is 23.7 Å². The first-order valence-corrected chi connectivity index (χ1v) is 8.26. The largest absolute Gasteiger partial charge is 0.481 e. The quantitative estimate of drug-likeness (QED) is 0.534. The number of hydrogen-bond donors (Lipinski definition) is 2. The van der Waals surface area contributed by atoms with Crippen LogP contribution in [-0.2, 0) is 9.59 Å². The van der Waals surface area contributed by atoms with Gasteiger partial charge in [-0.25, -0.2) is 0 Å². The van der Waals surface area contributed by atoms with Gasteiger partial charge in [-0.1, -0.05) is 44.8 Å². The molecule has 0 heterocycles. The van der Waals surface area contributed by atoms with E-state index >= 15 is 0 Å². The standard InChI is InChI=1S/C17H27NO3/c1-3-4-5-6-7-11(2)18-16(19)14-12-8-9-13(10-12)15(14)17(20)21/h8-9,11-15H,3-7,10H2,1-2H3,(H,18,19)(H,20,21)/t11?,12?,13?,14-,15+/m0/s1. The van der Waals surface area contributed by atoms with Crippen molar-refractivity contribution in [1.82, 2.24) is 5.32 Å². The molecule has 3 unspecified atom stereocenters. The molecule has 0 saturated heterocycles. The predicted octanol–water partition coefficient (Wildman–Crippen LogP) is 2.98. The number of nitrogens with one attached hydrogen (secondary N) is 1. The molecule has 0 aromatic rings. The lowest BCUT2D eigenvalue weighted by Crippen LogP contribution is -2.43. The first-order valence-electron chi connectivity index (χ1n) is 8.26. The van der Waals surface area contributed by atoms with Crippen LogP contribution in [0.4, 0.5) is 0 Å². The van der Waals surface area contributed by atoms with Gasteiger partial charge < -0.3 is 10.4 Å². The summed E-state index contributed by atoms with van der Waals surface area (Å²) in [4.78, 5) is 23.9. The molecule has 1 saturated carbocycles. The lowest BCUT2D eigenvalue weighted by molar-refractivity contribution is -0.148. The highest BCUT2D eigenvalue weighted by atomic mass is 16.4. The summed E-state index contributed by atoms with van der Waals surface area (Å²) < 4.78 is 0. The van der Waals surface area contributed by atoms with Crippen molar-refractivity contribution in [2.75, 3.05) is 0 Å². The van der Waals surface area contributed by atoms with Crippen molar-refractivity contribution in [2.45, 2.75) is 58.4 Å². The van der Waals surface area contributed by atoms with E-state index in [1.807, 2.05) is 19.1 Å². The average Bonchev–Trinajstić information content (AvgIpc) is 3.03. The number of rotatable bonds is 8. The first-order chi connectivity index (χ1) is 10.0. The molecule has 0 aromatic carbocycles. The second-order valence-corrected chi connectivity index (χ2v) is 6.60. The molecule has 0 radical (unpaired) electrons. The van der Waals surface area contributed by atoms with Gasteiger partial charge in [0.25, 0.3) is 0 Å². The number of allylic oxidation sites excluding steroid dienone is 2. The number of carboxylic acid groups (broad SMARTS) is 1. The Morgan fingerprint density at radius 3 is 2.48 bits per heavy atom. The lowest BCUT2D eigenvalue weighted by atomic mass is 9.82. The summed E-state index contributed by atoms with van der Waals surface area (Å²) in [6, 6.07) is 0.131. The molecule has 0 aromatic heterocycles. The molecular weight excluding hydrogens is 266 g/mol. The zero-order chi connectivity index (χ0) is 15.4. The average molecular weight is 293 g/mol. The molecule has 0 spiro atoms. The maximum absolute atomic E-state index is 12.4. The van der Waals surface area contributed by atoms with Crippen LogP contribution < -0.4 is 5.32 Å². The summed E-state index contributed by atoms with van der Waals surface area (Å²) in [5, 5.41) is 12.4. The maximum Gasteiger partial charge on any atom is 0.307 e. The zero-order valence-corrected chi connectivity index (χ0v) is 13.0. The van der Waals surface area contributed by atoms with Crippen LogP contribution in [0.2, 0.25) is 0 Å². The SMILES string of the molecule is CCCCCCC(C)NC(=O)[C@H]1C2C=CC(C2)[C@H]1C(=O)O. The third kappa shape index (κ3) is 3.66. The fourth-order valence-corrected chi connectivity index (χ4v) is 3.80. The minimum Gasteiger partial charge on any atom is -0.481 e. The van der Waals surface area contributed by atoms with Crippen LogP contribution in [-0.4, -0.2) is 23.0 Å². The van der Waals surface area contributed by atoms with Gasteiger partial charge in [-0.05, 0) is 31.6 Å². The molecule has 21 heavy (non-hydrogen) atoms. The van der Waals surface area contributed by atoms with Crippen LogP contribution in [0.15, 0.2) is 12.2 Å². The van der Waals surface area contributed by atoms with Crippen LogP contribution in [0, 0.1) is 23.7 Å². The van der Waals surface area contributed by atoms with Crippen LogP contribution in [0.25, 0.3) is 0 Å². The molecule has 0 aliphatic heterocycles. The number of unbranched alkanes of at least 4 members (excludes halogenated alkanes) is 3. The van der Waals surface area contributed by atoms with Crippen molar-refractivity contribution in [3.05, 3.63) is 12.2 Å². The summed E-state index contributed by atoms with van der Waals surface area (Å²) in [5.74, 6) is -1.65. The van der Waals surface area contributed by atoms with Crippen molar-refractivity contribution in [3.63, 3.8) is 0 Å². The van der Waals surface area contributed by atoms with Gasteiger partial charge in [0.2, 0.25) is 5.91 Å². The molecule has 2 rings (SSSR count). The molecule has 118 valence electrons. The van der Waals surface area contributed by atoms with Crippen LogP contribution in [0.3, 0.4) is 0 Å². The van der Waals surface area contributed by atoms with Crippen LogP contribution >= 0.6 is 0 Å². The Hall–Kier alpha value is -1.32. The van der Waals surface area contributed by atoms with E-state index in [-0.39, 0.29) is 29.7 Å². The van der Waals surface area contributed by atoms with Gasteiger partial charge in [0, 0.05) is 6.04 Å². The summed E-state index contributed by atoms with van der Waals surface area (Å²) in [5.41, 5.74) is 0. The Labute approximate surface area is 127 Å². The van der Waals surface area contributed by atoms with Crippen molar-refractivity contribution in [3.8, 4) is 0 Å². The number of fused-ring (bicyclic) bond motifs is 2. The molecule has 2 aliphatic carbocycles. The van der Waals surface area contributed by atoms with E-state index in [1.165, 1.54) is 19.3 Å². The second kappa shape index (κ2) is 7.10. The third-order valence-corrected chi connectivity index (χ3v) is 4.93. The van der Waals surface area contributed by atoms with E-state index < -0.39 is 11.9 Å². The monoisotopic (exact) mass is 293 g/mol. The van der Waals surface area contributed by atoms with Gasteiger partial charge in [0.05, 0.1) is 11.8 Å². The molecule has 2 bridgehead atoms. The van der Waals surface area contributed by atoms with Crippen molar-refractivity contribution < 1.29 is 14.7 Å². The fraction of sp³-hybridized carbons (Fsp3) is 0.765. The lowest BCUT2D eigenvalue weighted by Gasteiger charge is -2.25. The van der Waals surface area contributed by atoms with Gasteiger partial charge in [-0.15, -0.1) is 0 Å². The number of carbonyl (C=O) groups excluding carboxylic acids is 1. The topological polar surface area (TPSA) is 66.4 Å². The minimum atomic E-state index is -0.831. The third-order valence-electron chi connectivity index (χ3n) is 4.93. The van der Waals surface area contributed by atoms with E-state index in [2.05, 4.69) is 12.2 Å². The van der Waals surface area contributed by atoms with Gasteiger partial charge in [0.1, 0.15) is 0 Å². The van der Waals surface area contributed by atoms with E-state index in [1.54, 1.807) is 0 Å². The fourth-order valence-electron chi connectivity index (χ4n) is 3.80. The minimum absolute atomic E-state index is 0.0445. The van der Waals surface area contributed by atoms with Gasteiger partial charge in [-0.2, -0.15) is 0 Å². The Bertz CT molecular complexity index is 418. The number of carboxylic acids is 1. The van der Waals surface area contributed by atoms with Crippen LogP contribution in [0.1, 0.15) is 52.4 Å².